The lowest BCUT2D eigenvalue weighted by Crippen LogP contribution is -2.49. The summed E-state index contributed by atoms with van der Waals surface area (Å²) in [6.07, 6.45) is 3.34. The van der Waals surface area contributed by atoms with E-state index >= 15 is 0 Å². The number of nitrogens with one attached hydrogen (secondary N) is 1. The highest BCUT2D eigenvalue weighted by atomic mass is 16.5. The molecular weight excluding hydrogens is 482 g/mol. The van der Waals surface area contributed by atoms with Gasteiger partial charge in [-0.2, -0.15) is 0 Å². The first kappa shape index (κ1) is 24.5. The molecule has 0 bridgehead atoms. The van der Waals surface area contributed by atoms with Crippen molar-refractivity contribution in [1.29, 1.82) is 0 Å². The van der Waals surface area contributed by atoms with E-state index in [0.29, 0.717) is 19.6 Å². The molecule has 1 aromatic carbocycles. The van der Waals surface area contributed by atoms with Crippen LogP contribution in [0.3, 0.4) is 0 Å². The molecule has 0 saturated carbocycles. The van der Waals surface area contributed by atoms with Gasteiger partial charge in [0.05, 0.1) is 24.3 Å². The summed E-state index contributed by atoms with van der Waals surface area (Å²) in [6.45, 7) is 4.60. The molecule has 196 valence electrons. The van der Waals surface area contributed by atoms with E-state index in [4.69, 9.17) is 4.74 Å². The van der Waals surface area contributed by atoms with Crippen molar-refractivity contribution in [3.8, 4) is 0 Å². The molecule has 3 aromatic heterocycles. The van der Waals surface area contributed by atoms with Gasteiger partial charge < -0.3 is 20.1 Å². The van der Waals surface area contributed by atoms with Gasteiger partial charge in [-0.1, -0.05) is 30.3 Å². The van der Waals surface area contributed by atoms with Crippen molar-refractivity contribution < 1.29 is 14.6 Å². The number of pyridine rings is 3. The fraction of sp³-hybridized carbons (Fsp3) is 0.345. The minimum atomic E-state index is -0.788. The zero-order valence-electron chi connectivity index (χ0n) is 21.1. The van der Waals surface area contributed by atoms with Gasteiger partial charge in [-0.3, -0.25) is 18.9 Å². The van der Waals surface area contributed by atoms with Gasteiger partial charge in [-0.05, 0) is 41.6 Å². The first-order valence-corrected chi connectivity index (χ1v) is 13.1. The molecule has 2 aliphatic heterocycles. The second kappa shape index (κ2) is 10.5. The highest BCUT2D eigenvalue weighted by Gasteiger charge is 2.27. The molecule has 38 heavy (non-hydrogen) atoms. The second-order valence-electron chi connectivity index (χ2n) is 10.0. The summed E-state index contributed by atoms with van der Waals surface area (Å²) in [7, 11) is 0. The monoisotopic (exact) mass is 513 g/mol. The Hall–Kier alpha value is -3.79. The van der Waals surface area contributed by atoms with E-state index < -0.39 is 18.1 Å². The van der Waals surface area contributed by atoms with Crippen LogP contribution < -0.4 is 15.8 Å². The van der Waals surface area contributed by atoms with E-state index in [1.165, 1.54) is 5.39 Å². The molecule has 6 rings (SSSR count). The van der Waals surface area contributed by atoms with Crippen LogP contribution >= 0.6 is 0 Å². The third kappa shape index (κ3) is 4.88. The van der Waals surface area contributed by atoms with Crippen molar-refractivity contribution in [3.05, 3.63) is 88.5 Å². The summed E-state index contributed by atoms with van der Waals surface area (Å²) in [5.74, 6) is 0.516. The van der Waals surface area contributed by atoms with Crippen LogP contribution in [0.5, 0.6) is 0 Å². The molecular formula is C29H31N5O4. The number of aromatic nitrogens is 2. The molecule has 9 heteroatoms. The molecule has 9 nitrogen and oxygen atoms in total. The fourth-order valence-electron chi connectivity index (χ4n) is 5.37. The highest BCUT2D eigenvalue weighted by molar-refractivity contribution is 5.95. The number of ether oxygens (including phenoxy) is 1. The number of carbonyl (C=O) groups excluding carboxylic acids is 1. The Morgan fingerprint density at radius 2 is 1.84 bits per heavy atom. The van der Waals surface area contributed by atoms with Crippen LogP contribution in [0.2, 0.25) is 0 Å². The topological polar surface area (TPSA) is 99.4 Å². The number of anilines is 1. The SMILES string of the molecule is O=C(N[C@H]1CCOC[C@@H]1O)c1cc(CN2CCN(c3cc4ccccc4cn3)CC2)c2ccccn2c1=O. The van der Waals surface area contributed by atoms with E-state index in [9.17, 15) is 14.7 Å². The lowest BCUT2D eigenvalue weighted by Gasteiger charge is -2.35. The van der Waals surface area contributed by atoms with E-state index in [-0.39, 0.29) is 17.7 Å². The quantitative estimate of drug-likeness (QED) is 0.421. The molecule has 2 saturated heterocycles. The first-order valence-electron chi connectivity index (χ1n) is 13.1. The molecule has 2 fully saturated rings. The van der Waals surface area contributed by atoms with Crippen LogP contribution in [0, 0.1) is 0 Å². The van der Waals surface area contributed by atoms with Crippen LogP contribution in [0.4, 0.5) is 5.82 Å². The van der Waals surface area contributed by atoms with Gasteiger partial charge in [-0.25, -0.2) is 4.98 Å². The number of hydrogen-bond donors (Lipinski definition) is 2. The molecule has 2 aliphatic rings. The number of carbonyl (C=O) groups is 1. The minimum absolute atomic E-state index is 0.0846. The lowest BCUT2D eigenvalue weighted by molar-refractivity contribution is -0.0261. The predicted octanol–water partition coefficient (Wildman–Crippen LogP) is 2.05. The Balaban J connectivity index is 1.20. The standard InChI is InChI=1S/C29H31N5O4/c35-26-19-38-14-8-24(26)31-28(36)23-15-22(25-7-3-4-9-34(25)29(23)37)18-32-10-12-33(13-11-32)27-16-20-5-1-2-6-21(20)17-30-27/h1-7,9,15-17,24,26,35H,8,10-14,18-19H2,(H,31,36)/t24-,26-/m0/s1. The number of piperazine rings is 1. The van der Waals surface area contributed by atoms with Gasteiger partial charge >= 0.3 is 0 Å². The molecule has 0 unspecified atom stereocenters. The van der Waals surface area contributed by atoms with Crippen molar-refractivity contribution in [3.63, 3.8) is 0 Å². The van der Waals surface area contributed by atoms with Crippen LogP contribution in [0.1, 0.15) is 22.3 Å². The van der Waals surface area contributed by atoms with Gasteiger partial charge in [0, 0.05) is 57.1 Å². The summed E-state index contributed by atoms with van der Waals surface area (Å²) in [4.78, 5) is 35.7. The summed E-state index contributed by atoms with van der Waals surface area (Å²) < 4.78 is 6.80. The molecule has 2 N–H and O–H groups in total. The number of benzene rings is 1. The maximum atomic E-state index is 13.2. The van der Waals surface area contributed by atoms with Crippen molar-refractivity contribution in [1.82, 2.24) is 19.6 Å². The van der Waals surface area contributed by atoms with E-state index in [2.05, 4.69) is 38.3 Å². The second-order valence-corrected chi connectivity index (χ2v) is 10.0. The number of nitrogens with zero attached hydrogens (tertiary/aromatic N) is 4. The number of aliphatic hydroxyl groups is 1. The summed E-state index contributed by atoms with van der Waals surface area (Å²) >= 11 is 0. The molecule has 0 spiro atoms. The third-order valence-electron chi connectivity index (χ3n) is 7.55. The van der Waals surface area contributed by atoms with Crippen LogP contribution in [0.25, 0.3) is 16.3 Å². The molecule has 0 aliphatic carbocycles. The van der Waals surface area contributed by atoms with Crippen LogP contribution in [-0.2, 0) is 11.3 Å². The average Bonchev–Trinajstić information content (AvgIpc) is 2.96. The lowest BCUT2D eigenvalue weighted by atomic mass is 10.0. The number of rotatable bonds is 5. The van der Waals surface area contributed by atoms with E-state index in [0.717, 1.165) is 48.5 Å². The van der Waals surface area contributed by atoms with Crippen LogP contribution in [0.15, 0.2) is 71.8 Å². The van der Waals surface area contributed by atoms with E-state index in [1.54, 1.807) is 22.7 Å². The van der Waals surface area contributed by atoms with Crippen molar-refractivity contribution in [2.75, 3.05) is 44.3 Å². The van der Waals surface area contributed by atoms with Gasteiger partial charge in [0.1, 0.15) is 11.4 Å². The Labute approximate surface area is 220 Å². The zero-order valence-corrected chi connectivity index (χ0v) is 21.1. The van der Waals surface area contributed by atoms with Crippen molar-refractivity contribution >= 4 is 28.0 Å². The Morgan fingerprint density at radius 3 is 2.66 bits per heavy atom. The number of amides is 1. The first-order chi connectivity index (χ1) is 18.6. The van der Waals surface area contributed by atoms with Crippen molar-refractivity contribution in [2.45, 2.75) is 25.1 Å². The normalized spacial score (nSPS) is 20.6. The third-order valence-corrected chi connectivity index (χ3v) is 7.55. The summed E-state index contributed by atoms with van der Waals surface area (Å²) in [5.41, 5.74) is 1.43. The summed E-state index contributed by atoms with van der Waals surface area (Å²) in [5, 5.41) is 15.4. The van der Waals surface area contributed by atoms with Gasteiger partial charge in [-0.15, -0.1) is 0 Å². The minimum Gasteiger partial charge on any atom is -0.389 e. The van der Waals surface area contributed by atoms with Crippen LogP contribution in [-0.4, -0.2) is 76.8 Å². The number of aliphatic hydroxyl groups excluding tert-OH is 1. The predicted molar refractivity (Wildman–Crippen MR) is 146 cm³/mol. The smallest absolute Gasteiger partial charge is 0.267 e. The van der Waals surface area contributed by atoms with Gasteiger partial charge in [0.25, 0.3) is 11.5 Å². The largest absolute Gasteiger partial charge is 0.389 e. The summed E-state index contributed by atoms with van der Waals surface area (Å²) in [6, 6.07) is 17.3. The fourth-order valence-corrected chi connectivity index (χ4v) is 5.37. The maximum absolute atomic E-state index is 13.2. The molecule has 1 amide bonds. The molecule has 2 atom stereocenters. The zero-order chi connectivity index (χ0) is 26.1. The highest BCUT2D eigenvalue weighted by Crippen LogP contribution is 2.22. The molecule has 0 radical (unpaired) electrons. The number of fused-ring (bicyclic) bond motifs is 2. The Bertz CT molecular complexity index is 1530. The molecule has 5 heterocycles. The van der Waals surface area contributed by atoms with Crippen molar-refractivity contribution in [2.24, 2.45) is 0 Å². The Kier molecular flexibility index (Phi) is 6.80. The maximum Gasteiger partial charge on any atom is 0.267 e. The Morgan fingerprint density at radius 1 is 1.05 bits per heavy atom. The van der Waals surface area contributed by atoms with Gasteiger partial charge in [0.15, 0.2) is 0 Å². The van der Waals surface area contributed by atoms with Gasteiger partial charge in [0.2, 0.25) is 0 Å². The van der Waals surface area contributed by atoms with E-state index in [1.807, 2.05) is 30.5 Å². The average molecular weight is 514 g/mol. The molecule has 4 aromatic rings. The number of hydrogen-bond acceptors (Lipinski definition) is 7.